The number of rotatable bonds is 7. The zero-order valence-corrected chi connectivity index (χ0v) is 21.7. The lowest BCUT2D eigenvalue weighted by Gasteiger charge is -2.38. The lowest BCUT2D eigenvalue weighted by molar-refractivity contribution is -0.605. The minimum absolute atomic E-state index is 0.113. The molecular formula is C24H28Cl2N2O7. The molecule has 2 heterocycles. The number of esters is 1. The number of halogens is 2. The lowest BCUT2D eigenvalue weighted by Crippen LogP contribution is -2.54. The van der Waals surface area contributed by atoms with E-state index in [1.807, 2.05) is 0 Å². The number of hydrogen-bond acceptors (Lipinski definition) is 7. The summed E-state index contributed by atoms with van der Waals surface area (Å²) in [4.78, 5) is 26.6. The zero-order chi connectivity index (χ0) is 25.9. The second-order valence-electron chi connectivity index (χ2n) is 9.12. The van der Waals surface area contributed by atoms with E-state index in [0.29, 0.717) is 27.4 Å². The van der Waals surface area contributed by atoms with Crippen LogP contribution in [0.3, 0.4) is 0 Å². The number of methoxy groups -OCH3 is 2. The number of amides is 1. The molecule has 1 aliphatic rings. The molecule has 11 heteroatoms. The maximum atomic E-state index is 13.0. The molecule has 2 aromatic rings. The molecule has 190 valence electrons. The number of likely N-dealkylation sites (tertiary alicyclic amines) is 1. The van der Waals surface area contributed by atoms with Gasteiger partial charge in [0.15, 0.2) is 23.9 Å². The van der Waals surface area contributed by atoms with Crippen LogP contribution in [0.1, 0.15) is 38.0 Å². The first-order valence-electron chi connectivity index (χ1n) is 10.9. The van der Waals surface area contributed by atoms with Crippen molar-refractivity contribution >= 4 is 35.3 Å². The normalized spacial score (nSPS) is 14.7. The summed E-state index contributed by atoms with van der Waals surface area (Å²) in [6.45, 7) is 5.71. The summed E-state index contributed by atoms with van der Waals surface area (Å²) in [7, 11) is 3.02. The predicted molar refractivity (Wildman–Crippen MR) is 129 cm³/mol. The maximum absolute atomic E-state index is 13.0. The molecule has 1 unspecified atom stereocenters. The van der Waals surface area contributed by atoms with E-state index in [1.54, 1.807) is 39.0 Å². The Bertz CT molecular complexity index is 1070. The Hall–Kier alpha value is -2.91. The van der Waals surface area contributed by atoms with E-state index in [9.17, 15) is 14.8 Å². The van der Waals surface area contributed by atoms with Crippen molar-refractivity contribution in [3.8, 4) is 11.5 Å². The van der Waals surface area contributed by atoms with Gasteiger partial charge in [-0.15, -0.1) is 0 Å². The van der Waals surface area contributed by atoms with Crippen molar-refractivity contribution in [2.75, 3.05) is 27.3 Å². The van der Waals surface area contributed by atoms with Crippen molar-refractivity contribution in [2.45, 2.75) is 38.9 Å². The highest BCUT2D eigenvalue weighted by molar-refractivity contribution is 6.35. The van der Waals surface area contributed by atoms with E-state index in [0.717, 1.165) is 0 Å². The second-order valence-corrected chi connectivity index (χ2v) is 9.93. The van der Waals surface area contributed by atoms with Gasteiger partial charge in [-0.05, 0) is 38.5 Å². The molecule has 35 heavy (non-hydrogen) atoms. The molecule has 9 nitrogen and oxygen atoms in total. The molecule has 0 saturated carbocycles. The minimum atomic E-state index is -0.796. The third-order valence-electron chi connectivity index (χ3n) is 5.35. The SMILES string of the molecule is COc1ccc(C(Cc2c(Cl)c[n+]([O-])cc2Cl)OC(=O)C2CN(C(=O)OC(C)(C)C)C2)cc1OC. The van der Waals surface area contributed by atoms with Crippen LogP contribution in [0.5, 0.6) is 11.5 Å². The summed E-state index contributed by atoms with van der Waals surface area (Å²) < 4.78 is 22.4. The van der Waals surface area contributed by atoms with E-state index < -0.39 is 29.7 Å². The molecule has 1 fully saturated rings. The first-order valence-corrected chi connectivity index (χ1v) is 11.6. The molecule has 0 N–H and O–H groups in total. The Morgan fingerprint density at radius 2 is 1.71 bits per heavy atom. The average Bonchev–Trinajstić information content (AvgIpc) is 2.72. The smallest absolute Gasteiger partial charge is 0.410 e. The molecule has 1 atom stereocenters. The molecule has 0 aliphatic carbocycles. The Kier molecular flexibility index (Phi) is 8.22. The Labute approximate surface area is 214 Å². The first kappa shape index (κ1) is 26.7. The van der Waals surface area contributed by atoms with Crippen LogP contribution < -0.4 is 14.2 Å². The van der Waals surface area contributed by atoms with Crippen molar-refractivity contribution in [3.63, 3.8) is 0 Å². The summed E-state index contributed by atoms with van der Waals surface area (Å²) in [6, 6.07) is 5.14. The van der Waals surface area contributed by atoms with E-state index >= 15 is 0 Å². The average molecular weight is 527 g/mol. The number of nitrogens with zero attached hydrogens (tertiary/aromatic N) is 2. The fourth-order valence-corrected chi connectivity index (χ4v) is 4.13. The van der Waals surface area contributed by atoms with Gasteiger partial charge in [-0.3, -0.25) is 4.79 Å². The number of ether oxygens (including phenoxy) is 4. The highest BCUT2D eigenvalue weighted by atomic mass is 35.5. The number of pyridine rings is 1. The van der Waals surface area contributed by atoms with Crippen LogP contribution in [0.2, 0.25) is 10.0 Å². The summed E-state index contributed by atoms with van der Waals surface area (Å²) in [5.41, 5.74) is 0.444. The summed E-state index contributed by atoms with van der Waals surface area (Å²) in [5.74, 6) is -0.0210. The third kappa shape index (κ3) is 6.61. The molecule has 1 amide bonds. The van der Waals surface area contributed by atoms with Gasteiger partial charge in [0.2, 0.25) is 0 Å². The van der Waals surface area contributed by atoms with Crippen LogP contribution in [-0.4, -0.2) is 49.9 Å². The van der Waals surface area contributed by atoms with Crippen LogP contribution in [0.25, 0.3) is 0 Å². The lowest BCUT2D eigenvalue weighted by atomic mass is 9.99. The van der Waals surface area contributed by atoms with E-state index in [-0.39, 0.29) is 29.6 Å². The van der Waals surface area contributed by atoms with Crippen LogP contribution in [-0.2, 0) is 20.7 Å². The second kappa shape index (κ2) is 10.8. The predicted octanol–water partition coefficient (Wildman–Crippen LogP) is 4.34. The first-order chi connectivity index (χ1) is 16.4. The number of carbonyl (C=O) groups is 2. The molecule has 0 bridgehead atoms. The molecular weight excluding hydrogens is 499 g/mol. The standard InChI is InChI=1S/C24H28Cl2N2O7/c1-24(2,3)35-23(30)27-10-15(11-27)22(29)34-20(9-16-17(25)12-28(31)13-18(16)26)14-6-7-19(32-4)21(8-14)33-5/h6-8,12-13,15,20H,9-11H2,1-5H3. The van der Waals surface area contributed by atoms with E-state index in [2.05, 4.69) is 0 Å². The van der Waals surface area contributed by atoms with Crippen molar-refractivity contribution in [1.82, 2.24) is 4.90 Å². The van der Waals surface area contributed by atoms with Gasteiger partial charge in [-0.2, -0.15) is 4.73 Å². The Morgan fingerprint density at radius 1 is 1.11 bits per heavy atom. The molecule has 0 radical (unpaired) electrons. The van der Waals surface area contributed by atoms with Gasteiger partial charge in [-0.1, -0.05) is 29.3 Å². The Balaban J connectivity index is 1.81. The summed E-state index contributed by atoms with van der Waals surface area (Å²) in [6.07, 6.45) is 1.20. The molecule has 3 rings (SSSR count). The molecule has 1 aliphatic heterocycles. The van der Waals surface area contributed by atoms with Gasteiger partial charge in [0, 0.05) is 25.1 Å². The summed E-state index contributed by atoms with van der Waals surface area (Å²) in [5, 5.41) is 11.9. The van der Waals surface area contributed by atoms with Gasteiger partial charge >= 0.3 is 12.1 Å². The quantitative estimate of drug-likeness (QED) is 0.300. The van der Waals surface area contributed by atoms with E-state index in [1.165, 1.54) is 31.5 Å². The van der Waals surface area contributed by atoms with Crippen molar-refractivity contribution in [1.29, 1.82) is 0 Å². The highest BCUT2D eigenvalue weighted by Crippen LogP contribution is 2.36. The number of benzene rings is 1. The van der Waals surface area contributed by atoms with Crippen molar-refractivity contribution in [2.24, 2.45) is 5.92 Å². The van der Waals surface area contributed by atoms with Gasteiger partial charge < -0.3 is 29.1 Å². The molecule has 1 saturated heterocycles. The molecule has 1 aromatic heterocycles. The van der Waals surface area contributed by atoms with Crippen molar-refractivity contribution in [3.05, 3.63) is 57.0 Å². The number of aromatic nitrogens is 1. The van der Waals surface area contributed by atoms with E-state index in [4.69, 9.17) is 42.1 Å². The zero-order valence-electron chi connectivity index (χ0n) is 20.2. The topological polar surface area (TPSA) is 101 Å². The fourth-order valence-electron chi connectivity index (χ4n) is 3.53. The van der Waals surface area contributed by atoms with Gasteiger partial charge in [0.1, 0.15) is 21.8 Å². The van der Waals surface area contributed by atoms with Crippen molar-refractivity contribution < 1.29 is 33.3 Å². The third-order valence-corrected chi connectivity index (χ3v) is 6.00. The maximum Gasteiger partial charge on any atom is 0.410 e. The molecule has 1 aromatic carbocycles. The largest absolute Gasteiger partial charge is 0.619 e. The minimum Gasteiger partial charge on any atom is -0.619 e. The number of hydrogen-bond donors (Lipinski definition) is 0. The van der Waals surface area contributed by atoms with Gasteiger partial charge in [0.25, 0.3) is 0 Å². The van der Waals surface area contributed by atoms with Crippen LogP contribution in [0.4, 0.5) is 4.79 Å². The summed E-state index contributed by atoms with van der Waals surface area (Å²) >= 11 is 12.5. The van der Waals surface area contributed by atoms with Gasteiger partial charge in [0.05, 0.1) is 20.1 Å². The monoisotopic (exact) mass is 526 g/mol. The van der Waals surface area contributed by atoms with Crippen LogP contribution >= 0.6 is 23.2 Å². The van der Waals surface area contributed by atoms with Gasteiger partial charge in [-0.25, -0.2) is 4.79 Å². The Morgan fingerprint density at radius 3 is 2.26 bits per heavy atom. The van der Waals surface area contributed by atoms with Crippen LogP contribution in [0.15, 0.2) is 30.6 Å². The fraction of sp³-hybridized carbons (Fsp3) is 0.458. The number of carbonyl (C=O) groups excluding carboxylic acids is 2. The highest BCUT2D eigenvalue weighted by Gasteiger charge is 2.40. The molecule has 0 spiro atoms. The van der Waals surface area contributed by atoms with Crippen LogP contribution in [0, 0.1) is 11.1 Å².